The molecule has 1 amide bonds. The highest BCUT2D eigenvalue weighted by Crippen LogP contribution is 2.25. The Morgan fingerprint density at radius 3 is 2.78 bits per heavy atom. The molecule has 1 aromatic carbocycles. The quantitative estimate of drug-likeness (QED) is 0.619. The van der Waals surface area contributed by atoms with E-state index in [2.05, 4.69) is 44.8 Å². The molecule has 7 nitrogen and oxygen atoms in total. The van der Waals surface area contributed by atoms with Crippen molar-refractivity contribution in [2.24, 2.45) is 0 Å². The summed E-state index contributed by atoms with van der Waals surface area (Å²) >= 11 is 2.88. The molecular formula is C18H25N5O2S2. The number of anilines is 2. The number of hydrogen-bond donors (Lipinski definition) is 2. The summed E-state index contributed by atoms with van der Waals surface area (Å²) in [5.74, 6) is 0.275. The van der Waals surface area contributed by atoms with Crippen molar-refractivity contribution < 1.29 is 9.53 Å². The molecule has 0 atom stereocenters. The Kier molecular flexibility index (Phi) is 7.88. The molecule has 0 radical (unpaired) electrons. The number of rotatable bonds is 9. The molecule has 0 spiro atoms. The molecule has 2 aromatic rings. The van der Waals surface area contributed by atoms with Crippen LogP contribution in [-0.4, -0.2) is 59.6 Å². The van der Waals surface area contributed by atoms with Crippen molar-refractivity contribution in [3.8, 4) is 0 Å². The first-order valence-electron chi connectivity index (χ1n) is 9.12. The third-order valence-corrected chi connectivity index (χ3v) is 6.02. The third kappa shape index (κ3) is 6.76. The SMILES string of the molecule is CCCNc1nnc(SCC(=O)Nc2ccc(CN3CCOCC3)cc2)s1. The van der Waals surface area contributed by atoms with Gasteiger partial charge in [0.05, 0.1) is 19.0 Å². The van der Waals surface area contributed by atoms with Gasteiger partial charge in [0.25, 0.3) is 0 Å². The van der Waals surface area contributed by atoms with E-state index in [4.69, 9.17) is 4.74 Å². The molecule has 1 aliphatic heterocycles. The molecule has 0 unspecified atom stereocenters. The standard InChI is InChI=1S/C18H25N5O2S2/c1-2-7-19-17-21-22-18(27-17)26-13-16(24)20-15-5-3-14(4-6-15)12-23-8-10-25-11-9-23/h3-6H,2,7-13H2,1H3,(H,19,21)(H,20,24). The van der Waals surface area contributed by atoms with Gasteiger partial charge in [0.2, 0.25) is 11.0 Å². The Labute approximate surface area is 167 Å². The van der Waals surface area contributed by atoms with Gasteiger partial charge in [0.1, 0.15) is 0 Å². The van der Waals surface area contributed by atoms with Gasteiger partial charge in [-0.25, -0.2) is 0 Å². The fourth-order valence-corrected chi connectivity index (χ4v) is 4.18. The maximum absolute atomic E-state index is 12.2. The lowest BCUT2D eigenvalue weighted by atomic mass is 10.2. The first-order valence-corrected chi connectivity index (χ1v) is 10.9. The molecule has 9 heteroatoms. The van der Waals surface area contributed by atoms with Gasteiger partial charge in [-0.05, 0) is 24.1 Å². The van der Waals surface area contributed by atoms with Gasteiger partial charge >= 0.3 is 0 Å². The molecule has 2 heterocycles. The molecule has 146 valence electrons. The van der Waals surface area contributed by atoms with Crippen LogP contribution in [0.4, 0.5) is 10.8 Å². The molecule has 2 N–H and O–H groups in total. The molecule has 0 saturated carbocycles. The van der Waals surface area contributed by atoms with Gasteiger partial charge in [-0.15, -0.1) is 10.2 Å². The first kappa shape index (κ1) is 20.1. The maximum atomic E-state index is 12.2. The fraction of sp³-hybridized carbons (Fsp3) is 0.500. The minimum atomic E-state index is -0.0424. The Bertz CT molecular complexity index is 717. The van der Waals surface area contributed by atoms with E-state index in [-0.39, 0.29) is 5.91 Å². The van der Waals surface area contributed by atoms with Crippen molar-refractivity contribution in [1.82, 2.24) is 15.1 Å². The van der Waals surface area contributed by atoms with E-state index in [9.17, 15) is 4.79 Å². The number of hydrogen-bond acceptors (Lipinski definition) is 8. The van der Waals surface area contributed by atoms with Crippen LogP contribution in [0, 0.1) is 0 Å². The van der Waals surface area contributed by atoms with Crippen LogP contribution >= 0.6 is 23.1 Å². The Balaban J connectivity index is 1.41. The second-order valence-corrected chi connectivity index (χ2v) is 8.42. The third-order valence-electron chi connectivity index (χ3n) is 4.01. The molecule has 1 fully saturated rings. The van der Waals surface area contributed by atoms with Gasteiger partial charge in [-0.3, -0.25) is 9.69 Å². The number of carbonyl (C=O) groups is 1. The fourth-order valence-electron chi connectivity index (χ4n) is 2.61. The lowest BCUT2D eigenvalue weighted by Crippen LogP contribution is -2.35. The number of carbonyl (C=O) groups excluding carboxylic acids is 1. The van der Waals surface area contributed by atoms with Crippen molar-refractivity contribution in [1.29, 1.82) is 0 Å². The number of benzene rings is 1. The summed E-state index contributed by atoms with van der Waals surface area (Å²) in [6.07, 6.45) is 1.04. The highest BCUT2D eigenvalue weighted by Gasteiger charge is 2.11. The number of thioether (sulfide) groups is 1. The van der Waals surface area contributed by atoms with Crippen LogP contribution in [0.1, 0.15) is 18.9 Å². The van der Waals surface area contributed by atoms with Crippen molar-refractivity contribution >= 4 is 39.8 Å². The molecule has 27 heavy (non-hydrogen) atoms. The lowest BCUT2D eigenvalue weighted by molar-refractivity contribution is -0.113. The van der Waals surface area contributed by atoms with Gasteiger partial charge in [-0.2, -0.15) is 0 Å². The molecule has 3 rings (SSSR count). The predicted molar refractivity (Wildman–Crippen MR) is 111 cm³/mol. The second-order valence-electron chi connectivity index (χ2n) is 6.22. The predicted octanol–water partition coefficient (Wildman–Crippen LogP) is 2.92. The highest BCUT2D eigenvalue weighted by molar-refractivity contribution is 8.01. The monoisotopic (exact) mass is 407 g/mol. The van der Waals surface area contributed by atoms with Crippen molar-refractivity contribution in [2.75, 3.05) is 49.2 Å². The minimum absolute atomic E-state index is 0.0424. The van der Waals surface area contributed by atoms with Crippen LogP contribution in [-0.2, 0) is 16.1 Å². The van der Waals surface area contributed by atoms with E-state index in [0.29, 0.717) is 5.75 Å². The molecule has 1 saturated heterocycles. The van der Waals surface area contributed by atoms with Gasteiger partial charge < -0.3 is 15.4 Å². The van der Waals surface area contributed by atoms with Crippen LogP contribution in [0.15, 0.2) is 28.6 Å². The Hall–Kier alpha value is -1.68. The zero-order valence-corrected chi connectivity index (χ0v) is 17.1. The summed E-state index contributed by atoms with van der Waals surface area (Å²) in [7, 11) is 0. The van der Waals surface area contributed by atoms with Crippen LogP contribution in [0.2, 0.25) is 0 Å². The molecular weight excluding hydrogens is 382 g/mol. The molecule has 1 aromatic heterocycles. The summed E-state index contributed by atoms with van der Waals surface area (Å²) < 4.78 is 6.17. The van der Waals surface area contributed by atoms with E-state index in [1.807, 2.05) is 12.1 Å². The summed E-state index contributed by atoms with van der Waals surface area (Å²) in [6, 6.07) is 8.04. The summed E-state index contributed by atoms with van der Waals surface area (Å²) in [5.41, 5.74) is 2.05. The average molecular weight is 408 g/mol. The topological polar surface area (TPSA) is 79.4 Å². The Morgan fingerprint density at radius 2 is 2.04 bits per heavy atom. The van der Waals surface area contributed by atoms with E-state index >= 15 is 0 Å². The van der Waals surface area contributed by atoms with Crippen LogP contribution < -0.4 is 10.6 Å². The summed E-state index contributed by atoms with van der Waals surface area (Å²) in [5, 5.41) is 15.1. The Morgan fingerprint density at radius 1 is 1.26 bits per heavy atom. The summed E-state index contributed by atoms with van der Waals surface area (Å²) in [4.78, 5) is 14.5. The largest absolute Gasteiger partial charge is 0.379 e. The number of nitrogens with one attached hydrogen (secondary N) is 2. The summed E-state index contributed by atoms with van der Waals surface area (Å²) in [6.45, 7) is 7.44. The smallest absolute Gasteiger partial charge is 0.234 e. The zero-order valence-electron chi connectivity index (χ0n) is 15.4. The maximum Gasteiger partial charge on any atom is 0.234 e. The molecule has 0 bridgehead atoms. The van der Waals surface area contributed by atoms with Crippen molar-refractivity contribution in [3.63, 3.8) is 0 Å². The average Bonchev–Trinajstić information content (AvgIpc) is 3.15. The number of morpholine rings is 1. The van der Waals surface area contributed by atoms with E-state index in [0.717, 1.165) is 61.0 Å². The second kappa shape index (κ2) is 10.6. The normalized spacial score (nSPS) is 14.9. The van der Waals surface area contributed by atoms with Crippen molar-refractivity contribution in [3.05, 3.63) is 29.8 Å². The van der Waals surface area contributed by atoms with Gasteiger partial charge in [-0.1, -0.05) is 42.2 Å². The number of amides is 1. The van der Waals surface area contributed by atoms with E-state index in [1.165, 1.54) is 28.7 Å². The van der Waals surface area contributed by atoms with Crippen LogP contribution in [0.5, 0.6) is 0 Å². The number of aromatic nitrogens is 2. The zero-order chi connectivity index (χ0) is 18.9. The van der Waals surface area contributed by atoms with Crippen LogP contribution in [0.3, 0.4) is 0 Å². The first-order chi connectivity index (χ1) is 13.2. The van der Waals surface area contributed by atoms with Crippen LogP contribution in [0.25, 0.3) is 0 Å². The minimum Gasteiger partial charge on any atom is -0.379 e. The number of nitrogens with zero attached hydrogens (tertiary/aromatic N) is 3. The van der Waals surface area contributed by atoms with E-state index < -0.39 is 0 Å². The molecule has 0 aliphatic carbocycles. The highest BCUT2D eigenvalue weighted by atomic mass is 32.2. The lowest BCUT2D eigenvalue weighted by Gasteiger charge is -2.26. The van der Waals surface area contributed by atoms with E-state index in [1.54, 1.807) is 0 Å². The van der Waals surface area contributed by atoms with Crippen molar-refractivity contribution in [2.45, 2.75) is 24.2 Å². The molecule has 1 aliphatic rings. The van der Waals surface area contributed by atoms with Gasteiger partial charge in [0.15, 0.2) is 4.34 Å². The van der Waals surface area contributed by atoms with Gasteiger partial charge in [0, 0.05) is 31.9 Å². The number of ether oxygens (including phenoxy) is 1.